The number of pyridine rings is 2. The summed E-state index contributed by atoms with van der Waals surface area (Å²) in [5.74, 6) is -0.357. The van der Waals surface area contributed by atoms with Crippen LogP contribution in [0.15, 0.2) is 39.7 Å². The number of H-pyrrole nitrogens is 1. The van der Waals surface area contributed by atoms with Crippen molar-refractivity contribution in [1.82, 2.24) is 9.97 Å². The van der Waals surface area contributed by atoms with Gasteiger partial charge in [-0.25, -0.2) is 4.98 Å². The van der Waals surface area contributed by atoms with Gasteiger partial charge in [0.05, 0.1) is 10.9 Å². The molecule has 25 heavy (non-hydrogen) atoms. The van der Waals surface area contributed by atoms with E-state index in [1.54, 1.807) is 24.3 Å². The quantitative estimate of drug-likeness (QED) is 0.619. The van der Waals surface area contributed by atoms with Crippen LogP contribution in [-0.4, -0.2) is 22.2 Å². The van der Waals surface area contributed by atoms with Gasteiger partial charge in [0.15, 0.2) is 0 Å². The Labute approximate surface area is 148 Å². The van der Waals surface area contributed by atoms with Crippen molar-refractivity contribution in [1.29, 1.82) is 0 Å². The molecule has 0 spiro atoms. The van der Waals surface area contributed by atoms with E-state index in [0.29, 0.717) is 34.5 Å². The average molecular weight is 412 g/mol. The van der Waals surface area contributed by atoms with Crippen LogP contribution in [0.1, 0.15) is 12.8 Å². The fraction of sp³-hybridized carbons (Fsp3) is 0.294. The maximum Gasteiger partial charge on any atom is 0.408 e. The summed E-state index contributed by atoms with van der Waals surface area (Å²) in [5, 5.41) is 3.85. The van der Waals surface area contributed by atoms with Gasteiger partial charge in [-0.05, 0) is 43.0 Å². The first-order valence-electron chi connectivity index (χ1n) is 7.78. The zero-order valence-electron chi connectivity index (χ0n) is 12.8. The molecule has 0 saturated heterocycles. The van der Waals surface area contributed by atoms with Gasteiger partial charge in [0.1, 0.15) is 11.9 Å². The molecule has 0 aliphatic heterocycles. The van der Waals surface area contributed by atoms with Gasteiger partial charge in [-0.15, -0.1) is 0 Å². The first-order valence-corrected chi connectivity index (χ1v) is 8.58. The molecule has 1 aliphatic carbocycles. The lowest BCUT2D eigenvalue weighted by Crippen LogP contribution is -2.38. The van der Waals surface area contributed by atoms with Crippen LogP contribution in [0.4, 0.5) is 19.0 Å². The molecule has 3 aromatic rings. The molecule has 0 radical (unpaired) electrons. The minimum atomic E-state index is -4.37. The number of hydrogen-bond donors (Lipinski definition) is 2. The molecule has 0 bridgehead atoms. The fourth-order valence-corrected chi connectivity index (χ4v) is 3.44. The predicted octanol–water partition coefficient (Wildman–Crippen LogP) is 4.59. The van der Waals surface area contributed by atoms with Crippen LogP contribution in [0.5, 0.6) is 0 Å². The van der Waals surface area contributed by atoms with E-state index < -0.39 is 18.1 Å². The van der Waals surface area contributed by atoms with Gasteiger partial charge >= 0.3 is 6.18 Å². The molecule has 2 aromatic heterocycles. The minimum absolute atomic E-state index is 0.0881. The number of fused-ring (bicyclic) bond motifs is 3. The second-order valence-corrected chi connectivity index (χ2v) is 7.13. The molecule has 1 aromatic carbocycles. The van der Waals surface area contributed by atoms with Crippen LogP contribution in [-0.2, 0) is 0 Å². The molecule has 2 N–H and O–H groups in total. The van der Waals surface area contributed by atoms with E-state index in [2.05, 4.69) is 31.2 Å². The summed E-state index contributed by atoms with van der Waals surface area (Å²) in [7, 11) is 0. The summed E-state index contributed by atoms with van der Waals surface area (Å²) in [6, 6.07) is 5.08. The van der Waals surface area contributed by atoms with E-state index >= 15 is 0 Å². The number of aromatic nitrogens is 2. The molecule has 4 rings (SSSR count). The Balaban J connectivity index is 1.95. The number of alkyl halides is 3. The maximum absolute atomic E-state index is 13.4. The van der Waals surface area contributed by atoms with E-state index in [4.69, 9.17) is 0 Å². The summed E-state index contributed by atoms with van der Waals surface area (Å²) >= 11 is 3.35. The van der Waals surface area contributed by atoms with Gasteiger partial charge in [0, 0.05) is 21.4 Å². The Morgan fingerprint density at radius 2 is 2.00 bits per heavy atom. The van der Waals surface area contributed by atoms with E-state index in [-0.39, 0.29) is 11.4 Å². The fourth-order valence-electron chi connectivity index (χ4n) is 3.08. The Kier molecular flexibility index (Phi) is 3.75. The number of rotatable bonds is 3. The SMILES string of the molecule is O=c1[nH]ccc2c(N[C@H](C3CC3)C(F)(F)F)nc3ccc(Br)cc3c12. The third kappa shape index (κ3) is 2.99. The van der Waals surface area contributed by atoms with Crippen LogP contribution < -0.4 is 10.9 Å². The maximum atomic E-state index is 13.4. The van der Waals surface area contributed by atoms with Crippen molar-refractivity contribution < 1.29 is 13.2 Å². The lowest BCUT2D eigenvalue weighted by molar-refractivity contribution is -0.146. The van der Waals surface area contributed by atoms with Crippen molar-refractivity contribution in [3.05, 3.63) is 45.3 Å². The second-order valence-electron chi connectivity index (χ2n) is 6.22. The third-order valence-electron chi connectivity index (χ3n) is 4.41. The Bertz CT molecular complexity index is 1030. The topological polar surface area (TPSA) is 57.8 Å². The summed E-state index contributed by atoms with van der Waals surface area (Å²) in [6.07, 6.45) is -1.88. The van der Waals surface area contributed by atoms with Gasteiger partial charge in [0.2, 0.25) is 0 Å². The number of hydrogen-bond acceptors (Lipinski definition) is 3. The summed E-state index contributed by atoms with van der Waals surface area (Å²) in [4.78, 5) is 19.3. The van der Waals surface area contributed by atoms with Gasteiger partial charge < -0.3 is 10.3 Å². The van der Waals surface area contributed by atoms with E-state index in [0.717, 1.165) is 4.47 Å². The molecular formula is C17H13BrF3N3O. The normalized spacial score (nSPS) is 16.3. The monoisotopic (exact) mass is 411 g/mol. The lowest BCUT2D eigenvalue weighted by Gasteiger charge is -2.23. The van der Waals surface area contributed by atoms with Crippen molar-refractivity contribution in [2.45, 2.75) is 25.1 Å². The van der Waals surface area contributed by atoms with E-state index in [1.807, 2.05) is 0 Å². The van der Waals surface area contributed by atoms with E-state index in [9.17, 15) is 18.0 Å². The highest BCUT2D eigenvalue weighted by Gasteiger charge is 2.49. The van der Waals surface area contributed by atoms with Crippen molar-refractivity contribution in [3.8, 4) is 0 Å². The second kappa shape index (κ2) is 5.72. The van der Waals surface area contributed by atoms with Crippen molar-refractivity contribution in [2.75, 3.05) is 5.32 Å². The van der Waals surface area contributed by atoms with Crippen molar-refractivity contribution in [3.63, 3.8) is 0 Å². The molecule has 130 valence electrons. The third-order valence-corrected chi connectivity index (χ3v) is 4.91. The van der Waals surface area contributed by atoms with Crippen LogP contribution in [0.2, 0.25) is 0 Å². The van der Waals surface area contributed by atoms with Crippen LogP contribution >= 0.6 is 15.9 Å². The van der Waals surface area contributed by atoms with E-state index in [1.165, 1.54) is 6.20 Å². The van der Waals surface area contributed by atoms with Crippen LogP contribution in [0.25, 0.3) is 21.7 Å². The molecule has 1 saturated carbocycles. The number of benzene rings is 1. The minimum Gasteiger partial charge on any atom is -0.358 e. The number of anilines is 1. The summed E-state index contributed by atoms with van der Waals surface area (Å²) in [6.45, 7) is 0. The standard InChI is InChI=1S/C17H13BrF3N3O/c18-9-3-4-12-11(7-9)13-10(5-6-22-16(13)25)15(23-12)24-14(8-1-2-8)17(19,20)21/h3-8,14H,1-2H2,(H,22,25)(H,23,24)/t14-/m1/s1. The molecule has 4 nitrogen and oxygen atoms in total. The summed E-state index contributed by atoms with van der Waals surface area (Å²) < 4.78 is 40.9. The first-order chi connectivity index (χ1) is 11.8. The lowest BCUT2D eigenvalue weighted by atomic mass is 10.1. The molecular weight excluding hydrogens is 399 g/mol. The van der Waals surface area contributed by atoms with Gasteiger partial charge in [-0.1, -0.05) is 15.9 Å². The smallest absolute Gasteiger partial charge is 0.358 e. The molecule has 0 unspecified atom stereocenters. The number of nitrogens with one attached hydrogen (secondary N) is 2. The molecule has 1 aliphatic rings. The number of aromatic amines is 1. The molecule has 1 atom stereocenters. The van der Waals surface area contributed by atoms with Crippen LogP contribution in [0, 0.1) is 5.92 Å². The largest absolute Gasteiger partial charge is 0.408 e. The van der Waals surface area contributed by atoms with Crippen molar-refractivity contribution >= 4 is 43.4 Å². The molecule has 0 amide bonds. The Hall–Kier alpha value is -2.09. The first kappa shape index (κ1) is 16.4. The van der Waals surface area contributed by atoms with Gasteiger partial charge in [0.25, 0.3) is 5.56 Å². The van der Waals surface area contributed by atoms with Gasteiger partial charge in [-0.2, -0.15) is 13.2 Å². The highest BCUT2D eigenvalue weighted by atomic mass is 79.9. The predicted molar refractivity (Wildman–Crippen MR) is 93.8 cm³/mol. The molecule has 2 heterocycles. The van der Waals surface area contributed by atoms with Crippen molar-refractivity contribution in [2.24, 2.45) is 5.92 Å². The zero-order chi connectivity index (χ0) is 17.8. The highest BCUT2D eigenvalue weighted by Crippen LogP contribution is 2.42. The molecule has 8 heteroatoms. The highest BCUT2D eigenvalue weighted by molar-refractivity contribution is 9.10. The Morgan fingerprint density at radius 1 is 1.24 bits per heavy atom. The van der Waals surface area contributed by atoms with Gasteiger partial charge in [-0.3, -0.25) is 4.79 Å². The zero-order valence-corrected chi connectivity index (χ0v) is 14.4. The number of nitrogens with zero attached hydrogens (tertiary/aromatic N) is 1. The number of halogens is 4. The molecule has 1 fully saturated rings. The average Bonchev–Trinajstić information content (AvgIpc) is 3.36. The summed E-state index contributed by atoms with van der Waals surface area (Å²) in [5.41, 5.74) is 0.104. The Morgan fingerprint density at radius 3 is 2.68 bits per heavy atom. The van der Waals surface area contributed by atoms with Crippen LogP contribution in [0.3, 0.4) is 0 Å².